The molecule has 0 unspecified atom stereocenters. The van der Waals surface area contributed by atoms with Gasteiger partial charge in [0.25, 0.3) is 0 Å². The van der Waals surface area contributed by atoms with E-state index in [9.17, 15) is 0 Å². The highest BCUT2D eigenvalue weighted by Gasteiger charge is 2.44. The lowest BCUT2D eigenvalue weighted by molar-refractivity contribution is -0.401. The van der Waals surface area contributed by atoms with Crippen LogP contribution in [-0.4, -0.2) is 30.1 Å². The molecular formula is C47H47N2S+. The van der Waals surface area contributed by atoms with E-state index in [4.69, 9.17) is 0 Å². The Morgan fingerprint density at radius 3 is 2.10 bits per heavy atom. The van der Waals surface area contributed by atoms with Gasteiger partial charge in [0.15, 0.2) is 5.71 Å². The second-order valence-corrected chi connectivity index (χ2v) is 16.2. The summed E-state index contributed by atoms with van der Waals surface area (Å²) in [5.41, 5.74) is 12.4. The van der Waals surface area contributed by atoms with Crippen molar-refractivity contribution in [2.45, 2.75) is 62.7 Å². The molecule has 0 amide bonds. The summed E-state index contributed by atoms with van der Waals surface area (Å²) in [4.78, 5) is 3.74. The van der Waals surface area contributed by atoms with Crippen molar-refractivity contribution >= 4 is 50.4 Å². The normalized spacial score (nSPS) is 19.8. The van der Waals surface area contributed by atoms with Gasteiger partial charge in [0, 0.05) is 52.2 Å². The minimum atomic E-state index is -0.101. The highest BCUT2D eigenvalue weighted by molar-refractivity contribution is 7.99. The third kappa shape index (κ3) is 5.38. The molecule has 2 nitrogen and oxygen atoms in total. The third-order valence-electron chi connectivity index (χ3n) is 11.5. The van der Waals surface area contributed by atoms with Gasteiger partial charge in [0.2, 0.25) is 5.69 Å². The molecule has 0 radical (unpaired) electrons. The molecule has 250 valence electrons. The quantitative estimate of drug-likeness (QED) is 0.131. The summed E-state index contributed by atoms with van der Waals surface area (Å²) in [7, 11) is 4.48. The first-order valence-corrected chi connectivity index (χ1v) is 19.0. The number of rotatable bonds is 6. The fraction of sp³-hybridized carbons (Fsp3) is 0.255. The molecule has 0 fully saturated rings. The topological polar surface area (TPSA) is 6.25 Å². The van der Waals surface area contributed by atoms with Gasteiger partial charge in [-0.15, -0.1) is 11.8 Å². The minimum absolute atomic E-state index is 0.101. The number of allylic oxidation sites excluding steroid dienone is 7. The maximum atomic E-state index is 2.45. The van der Waals surface area contributed by atoms with Crippen LogP contribution in [0.15, 0.2) is 155 Å². The van der Waals surface area contributed by atoms with E-state index in [-0.39, 0.29) is 10.8 Å². The second-order valence-electron chi connectivity index (χ2n) is 15.2. The predicted octanol–water partition coefficient (Wildman–Crippen LogP) is 12.1. The number of hydrogen-bond donors (Lipinski definition) is 0. The second kappa shape index (κ2) is 12.6. The van der Waals surface area contributed by atoms with E-state index >= 15 is 0 Å². The molecule has 3 heteroatoms. The number of fused-ring (bicyclic) bond motifs is 6. The summed E-state index contributed by atoms with van der Waals surface area (Å²) in [6.07, 6.45) is 13.1. The summed E-state index contributed by atoms with van der Waals surface area (Å²) < 4.78 is 2.42. The van der Waals surface area contributed by atoms with Crippen LogP contribution < -0.4 is 4.90 Å². The lowest BCUT2D eigenvalue weighted by Crippen LogP contribution is -2.27. The molecule has 50 heavy (non-hydrogen) atoms. The number of anilines is 1. The first-order valence-electron chi connectivity index (χ1n) is 18.1. The summed E-state index contributed by atoms with van der Waals surface area (Å²) in [6, 6.07) is 37.7. The summed E-state index contributed by atoms with van der Waals surface area (Å²) in [5, 5.41) is 5.33. The van der Waals surface area contributed by atoms with E-state index in [1.54, 1.807) is 0 Å². The third-order valence-corrected chi connectivity index (χ3v) is 12.5. The van der Waals surface area contributed by atoms with Crippen LogP contribution in [0.2, 0.25) is 0 Å². The van der Waals surface area contributed by atoms with Gasteiger partial charge < -0.3 is 4.90 Å². The first-order chi connectivity index (χ1) is 24.2. The van der Waals surface area contributed by atoms with Crippen LogP contribution in [0, 0.1) is 0 Å². The van der Waals surface area contributed by atoms with Crippen LogP contribution >= 0.6 is 11.8 Å². The van der Waals surface area contributed by atoms with E-state index in [2.05, 4.69) is 179 Å². The van der Waals surface area contributed by atoms with Crippen molar-refractivity contribution in [1.82, 2.24) is 0 Å². The van der Waals surface area contributed by atoms with Crippen LogP contribution in [0.3, 0.4) is 0 Å². The van der Waals surface area contributed by atoms with Gasteiger partial charge in [-0.05, 0) is 107 Å². The number of likely N-dealkylation sites (N-methyl/N-ethyl adjacent to an activating group) is 1. The van der Waals surface area contributed by atoms with E-state index in [0.717, 1.165) is 25.0 Å². The number of thioether (sulfide) groups is 1. The van der Waals surface area contributed by atoms with Crippen molar-refractivity contribution in [2.75, 3.05) is 24.7 Å². The molecule has 0 atom stereocenters. The van der Waals surface area contributed by atoms with Crippen molar-refractivity contribution in [2.24, 2.45) is 0 Å². The zero-order chi connectivity index (χ0) is 34.6. The van der Waals surface area contributed by atoms with Gasteiger partial charge >= 0.3 is 0 Å². The average Bonchev–Trinajstić information content (AvgIpc) is 3.45. The van der Waals surface area contributed by atoms with Crippen LogP contribution in [0.25, 0.3) is 21.5 Å². The van der Waals surface area contributed by atoms with Crippen molar-refractivity contribution in [1.29, 1.82) is 0 Å². The lowest BCUT2D eigenvalue weighted by atomic mass is 9.78. The molecule has 5 aromatic carbocycles. The molecular weight excluding hydrogens is 625 g/mol. The molecule has 5 aromatic rings. The maximum Gasteiger partial charge on any atom is 0.210 e. The first kappa shape index (κ1) is 32.6. The molecule has 8 rings (SSSR count). The van der Waals surface area contributed by atoms with Gasteiger partial charge in [-0.25, -0.2) is 0 Å². The zero-order valence-corrected chi connectivity index (χ0v) is 31.1. The Hall–Kier alpha value is -4.60. The maximum absolute atomic E-state index is 2.45. The molecule has 0 N–H and O–H groups in total. The van der Waals surface area contributed by atoms with Crippen LogP contribution in [-0.2, 0) is 10.8 Å². The summed E-state index contributed by atoms with van der Waals surface area (Å²) in [5.74, 6) is 0.961. The number of benzene rings is 5. The monoisotopic (exact) mass is 671 g/mol. The lowest BCUT2D eigenvalue weighted by Gasteiger charge is -2.25. The Morgan fingerprint density at radius 2 is 1.36 bits per heavy atom. The molecule has 2 heterocycles. The average molecular weight is 672 g/mol. The van der Waals surface area contributed by atoms with Crippen molar-refractivity contribution in [3.8, 4) is 0 Å². The minimum Gasteiger partial charge on any atom is -0.347 e. The Balaban J connectivity index is 1.19. The van der Waals surface area contributed by atoms with Gasteiger partial charge in [0.05, 0.1) is 5.41 Å². The highest BCUT2D eigenvalue weighted by atomic mass is 32.2. The zero-order valence-electron chi connectivity index (χ0n) is 30.3. The van der Waals surface area contributed by atoms with Gasteiger partial charge in [-0.2, -0.15) is 4.58 Å². The van der Waals surface area contributed by atoms with Crippen LogP contribution in [0.4, 0.5) is 11.4 Å². The molecule has 0 saturated heterocycles. The van der Waals surface area contributed by atoms with Crippen LogP contribution in [0.1, 0.15) is 58.1 Å². The van der Waals surface area contributed by atoms with Crippen LogP contribution in [0.5, 0.6) is 0 Å². The highest BCUT2D eigenvalue weighted by Crippen LogP contribution is 2.50. The fourth-order valence-electron chi connectivity index (χ4n) is 8.95. The van der Waals surface area contributed by atoms with Crippen molar-refractivity contribution in [3.63, 3.8) is 0 Å². The Bertz CT molecular complexity index is 2310. The Kier molecular flexibility index (Phi) is 8.23. The molecule has 2 aliphatic heterocycles. The van der Waals surface area contributed by atoms with Gasteiger partial charge in [0.1, 0.15) is 7.05 Å². The smallest absolute Gasteiger partial charge is 0.210 e. The number of nitrogens with zero attached hydrogens (tertiary/aromatic N) is 2. The largest absolute Gasteiger partial charge is 0.347 e. The van der Waals surface area contributed by atoms with Gasteiger partial charge in [-0.3, -0.25) is 0 Å². The van der Waals surface area contributed by atoms with Crippen molar-refractivity contribution in [3.05, 3.63) is 161 Å². The van der Waals surface area contributed by atoms with E-state index < -0.39 is 0 Å². The van der Waals surface area contributed by atoms with Gasteiger partial charge in [-0.1, -0.05) is 98.8 Å². The molecule has 0 aromatic heterocycles. The predicted molar refractivity (Wildman–Crippen MR) is 217 cm³/mol. The molecule has 3 aliphatic rings. The Morgan fingerprint density at radius 1 is 0.700 bits per heavy atom. The molecule has 1 aliphatic carbocycles. The van der Waals surface area contributed by atoms with E-state index in [0.29, 0.717) is 0 Å². The fourth-order valence-corrected chi connectivity index (χ4v) is 9.98. The standard InChI is InChI=1S/C47H47N2S/c1-46(2)42(48(5)40-27-23-32-15-10-12-21-37(32)44(40)46)29-25-34-17-14-18-35(39(34)31-50-36-19-8-7-9-20-36)26-30-43-47(3,4)45-38-22-13-11-16-33(38)24-28-41(45)49(43)6/h7-13,15-16,19-30H,14,17-18,31H2,1-6H3/q+1. The van der Waals surface area contributed by atoms with Crippen molar-refractivity contribution < 1.29 is 4.58 Å². The SMILES string of the molecule is CN1/C(=C/C=C2\CCCC(/C=C/C3=[N+](C)c4ccc5ccccc5c4C3(C)C)=C2CSc2ccccc2)C(C)(C)c2c1ccc1ccccc21. The van der Waals surface area contributed by atoms with E-state index in [1.807, 2.05) is 11.8 Å². The summed E-state index contributed by atoms with van der Waals surface area (Å²) >= 11 is 1.95. The Labute approximate surface area is 302 Å². The molecule has 0 spiro atoms. The molecule has 0 saturated carbocycles. The summed E-state index contributed by atoms with van der Waals surface area (Å²) in [6.45, 7) is 9.56. The molecule has 0 bridgehead atoms. The number of hydrogen-bond acceptors (Lipinski definition) is 2. The van der Waals surface area contributed by atoms with E-state index in [1.165, 1.54) is 77.1 Å².